The van der Waals surface area contributed by atoms with Crippen molar-refractivity contribution in [2.45, 2.75) is 19.9 Å². The SMILES string of the molecule is CCS(=O)(=O)Nc1ccc(-c2noc(C(C)NC(=O)c3ccccc3)n2)cc1. The molecule has 9 heteroatoms. The molecule has 3 aromatic rings. The largest absolute Gasteiger partial charge is 0.341 e. The van der Waals surface area contributed by atoms with Gasteiger partial charge in [0, 0.05) is 16.8 Å². The zero-order chi connectivity index (χ0) is 20.1. The van der Waals surface area contributed by atoms with E-state index in [2.05, 4.69) is 20.2 Å². The summed E-state index contributed by atoms with van der Waals surface area (Å²) in [5, 5.41) is 6.74. The predicted molar refractivity (Wildman–Crippen MR) is 105 cm³/mol. The van der Waals surface area contributed by atoms with Gasteiger partial charge in [-0.05, 0) is 50.2 Å². The highest BCUT2D eigenvalue weighted by molar-refractivity contribution is 7.92. The van der Waals surface area contributed by atoms with Gasteiger partial charge in [-0.25, -0.2) is 8.42 Å². The Kier molecular flexibility index (Phi) is 5.74. The van der Waals surface area contributed by atoms with Crippen LogP contribution in [0.3, 0.4) is 0 Å². The number of rotatable bonds is 7. The fourth-order valence-electron chi connectivity index (χ4n) is 2.40. The van der Waals surface area contributed by atoms with Crippen molar-refractivity contribution in [1.29, 1.82) is 0 Å². The minimum absolute atomic E-state index is 0.00442. The Morgan fingerprint density at radius 1 is 1.11 bits per heavy atom. The summed E-state index contributed by atoms with van der Waals surface area (Å²) in [6, 6.07) is 15.0. The summed E-state index contributed by atoms with van der Waals surface area (Å²) in [6.45, 7) is 3.32. The third-order valence-electron chi connectivity index (χ3n) is 3.99. The lowest BCUT2D eigenvalue weighted by Gasteiger charge is -2.09. The normalized spacial score (nSPS) is 12.4. The van der Waals surface area contributed by atoms with Gasteiger partial charge in [-0.2, -0.15) is 4.98 Å². The number of benzene rings is 2. The first-order chi connectivity index (χ1) is 13.4. The molecule has 0 saturated heterocycles. The molecule has 0 saturated carbocycles. The molecule has 8 nitrogen and oxygen atoms in total. The summed E-state index contributed by atoms with van der Waals surface area (Å²) < 4.78 is 30.9. The van der Waals surface area contributed by atoms with Crippen LogP contribution in [0.4, 0.5) is 5.69 Å². The van der Waals surface area contributed by atoms with Gasteiger partial charge in [-0.15, -0.1) is 0 Å². The van der Waals surface area contributed by atoms with E-state index in [0.717, 1.165) is 0 Å². The molecule has 28 heavy (non-hydrogen) atoms. The fourth-order valence-corrected chi connectivity index (χ4v) is 3.04. The molecule has 0 radical (unpaired) electrons. The Morgan fingerprint density at radius 3 is 2.43 bits per heavy atom. The topological polar surface area (TPSA) is 114 Å². The van der Waals surface area contributed by atoms with E-state index in [0.29, 0.717) is 22.6 Å². The maximum absolute atomic E-state index is 12.2. The lowest BCUT2D eigenvalue weighted by atomic mass is 10.2. The van der Waals surface area contributed by atoms with Crippen molar-refractivity contribution in [1.82, 2.24) is 15.5 Å². The van der Waals surface area contributed by atoms with Crippen molar-refractivity contribution in [2.24, 2.45) is 0 Å². The van der Waals surface area contributed by atoms with Gasteiger partial charge in [0.2, 0.25) is 21.7 Å². The number of carbonyl (C=O) groups is 1. The summed E-state index contributed by atoms with van der Waals surface area (Å²) in [7, 11) is -3.33. The molecule has 1 unspecified atom stereocenters. The van der Waals surface area contributed by atoms with E-state index in [9.17, 15) is 13.2 Å². The van der Waals surface area contributed by atoms with Crippen molar-refractivity contribution >= 4 is 21.6 Å². The van der Waals surface area contributed by atoms with Crippen molar-refractivity contribution < 1.29 is 17.7 Å². The van der Waals surface area contributed by atoms with E-state index in [-0.39, 0.29) is 17.6 Å². The first-order valence-corrected chi connectivity index (χ1v) is 10.3. The number of nitrogens with zero attached hydrogens (tertiary/aromatic N) is 2. The maximum Gasteiger partial charge on any atom is 0.251 e. The first kappa shape index (κ1) is 19.6. The molecule has 3 rings (SSSR count). The number of anilines is 1. The van der Waals surface area contributed by atoms with Crippen molar-refractivity contribution in [3.05, 3.63) is 66.1 Å². The number of hydrogen-bond acceptors (Lipinski definition) is 6. The van der Waals surface area contributed by atoms with Gasteiger partial charge in [0.15, 0.2) is 0 Å². The molecule has 0 aliphatic heterocycles. The van der Waals surface area contributed by atoms with Gasteiger partial charge < -0.3 is 9.84 Å². The minimum atomic E-state index is -3.33. The second-order valence-corrected chi connectivity index (χ2v) is 8.11. The van der Waals surface area contributed by atoms with Gasteiger partial charge in [0.05, 0.1) is 5.75 Å². The van der Waals surface area contributed by atoms with E-state index in [1.165, 1.54) is 0 Å². The van der Waals surface area contributed by atoms with Crippen LogP contribution in [-0.4, -0.2) is 30.2 Å². The highest BCUT2D eigenvalue weighted by atomic mass is 32.2. The van der Waals surface area contributed by atoms with E-state index < -0.39 is 16.1 Å². The van der Waals surface area contributed by atoms with Crippen LogP contribution < -0.4 is 10.0 Å². The lowest BCUT2D eigenvalue weighted by molar-refractivity contribution is 0.0932. The van der Waals surface area contributed by atoms with Crippen LogP contribution in [0.2, 0.25) is 0 Å². The van der Waals surface area contributed by atoms with Gasteiger partial charge >= 0.3 is 0 Å². The quantitative estimate of drug-likeness (QED) is 0.630. The molecular weight excluding hydrogens is 380 g/mol. The Hall–Kier alpha value is -3.20. The molecule has 146 valence electrons. The van der Waals surface area contributed by atoms with Crippen LogP contribution in [-0.2, 0) is 10.0 Å². The summed E-state index contributed by atoms with van der Waals surface area (Å²) in [4.78, 5) is 16.5. The minimum Gasteiger partial charge on any atom is -0.341 e. The third kappa shape index (κ3) is 4.74. The predicted octanol–water partition coefficient (Wildman–Crippen LogP) is 2.99. The molecule has 0 aliphatic carbocycles. The monoisotopic (exact) mass is 400 g/mol. The van der Waals surface area contributed by atoms with Gasteiger partial charge in [0.1, 0.15) is 6.04 Å². The summed E-state index contributed by atoms with van der Waals surface area (Å²) in [5.41, 5.74) is 1.66. The Balaban J connectivity index is 1.68. The lowest BCUT2D eigenvalue weighted by Crippen LogP contribution is -2.26. The molecule has 1 heterocycles. The highest BCUT2D eigenvalue weighted by Crippen LogP contribution is 2.21. The number of carbonyl (C=O) groups excluding carboxylic acids is 1. The van der Waals surface area contributed by atoms with E-state index in [1.807, 2.05) is 6.07 Å². The van der Waals surface area contributed by atoms with Crippen molar-refractivity contribution in [3.8, 4) is 11.4 Å². The Morgan fingerprint density at radius 2 is 1.79 bits per heavy atom. The van der Waals surface area contributed by atoms with Crippen LogP contribution in [0.5, 0.6) is 0 Å². The molecule has 2 aromatic carbocycles. The van der Waals surface area contributed by atoms with Crippen LogP contribution in [0.25, 0.3) is 11.4 Å². The molecule has 2 N–H and O–H groups in total. The molecule has 0 fully saturated rings. The average molecular weight is 400 g/mol. The number of hydrogen-bond donors (Lipinski definition) is 2. The second-order valence-electron chi connectivity index (χ2n) is 6.10. The molecular formula is C19H20N4O4S. The summed E-state index contributed by atoms with van der Waals surface area (Å²) in [6.07, 6.45) is 0. The van der Waals surface area contributed by atoms with Gasteiger partial charge in [-0.3, -0.25) is 9.52 Å². The van der Waals surface area contributed by atoms with Crippen molar-refractivity contribution in [2.75, 3.05) is 10.5 Å². The van der Waals surface area contributed by atoms with Crippen LogP contribution in [0.1, 0.15) is 36.1 Å². The fraction of sp³-hybridized carbons (Fsp3) is 0.211. The number of aromatic nitrogens is 2. The smallest absolute Gasteiger partial charge is 0.251 e. The molecule has 0 aliphatic rings. The van der Waals surface area contributed by atoms with Crippen LogP contribution in [0.15, 0.2) is 59.1 Å². The average Bonchev–Trinajstić information content (AvgIpc) is 3.19. The molecule has 0 spiro atoms. The zero-order valence-electron chi connectivity index (χ0n) is 15.4. The third-order valence-corrected chi connectivity index (χ3v) is 5.30. The van der Waals surface area contributed by atoms with E-state index >= 15 is 0 Å². The van der Waals surface area contributed by atoms with Gasteiger partial charge in [-0.1, -0.05) is 23.4 Å². The highest BCUT2D eigenvalue weighted by Gasteiger charge is 2.18. The molecule has 1 atom stereocenters. The first-order valence-electron chi connectivity index (χ1n) is 8.68. The van der Waals surface area contributed by atoms with E-state index in [4.69, 9.17) is 4.52 Å². The van der Waals surface area contributed by atoms with Crippen LogP contribution >= 0.6 is 0 Å². The second kappa shape index (κ2) is 8.22. The van der Waals surface area contributed by atoms with Crippen molar-refractivity contribution in [3.63, 3.8) is 0 Å². The standard InChI is InChI=1S/C19H20N4O4S/c1-3-28(25,26)23-16-11-9-14(10-12-16)17-21-19(27-22-17)13(2)20-18(24)15-7-5-4-6-8-15/h4-13,23H,3H2,1-2H3,(H,20,24). The van der Waals surface area contributed by atoms with Crippen LogP contribution in [0, 0.1) is 0 Å². The molecule has 1 aromatic heterocycles. The Bertz CT molecular complexity index is 1050. The summed E-state index contributed by atoms with van der Waals surface area (Å²) >= 11 is 0. The van der Waals surface area contributed by atoms with Gasteiger partial charge in [0.25, 0.3) is 5.91 Å². The molecule has 0 bridgehead atoms. The summed E-state index contributed by atoms with van der Waals surface area (Å²) in [5.74, 6) is 0.381. The molecule has 1 amide bonds. The number of nitrogens with one attached hydrogen (secondary N) is 2. The number of amides is 1. The Labute approximate surface area is 163 Å². The van der Waals surface area contributed by atoms with E-state index in [1.54, 1.807) is 62.4 Å². The zero-order valence-corrected chi connectivity index (χ0v) is 16.2. The maximum atomic E-state index is 12.2. The number of sulfonamides is 1.